The molecule has 0 aliphatic carbocycles. The van der Waals surface area contributed by atoms with Crippen LogP contribution in [0, 0.1) is 11.6 Å². The third-order valence-corrected chi connectivity index (χ3v) is 7.44. The summed E-state index contributed by atoms with van der Waals surface area (Å²) in [5, 5.41) is 10.5. The van der Waals surface area contributed by atoms with Gasteiger partial charge in [0.15, 0.2) is 11.6 Å². The Morgan fingerprint density at radius 3 is 2.50 bits per heavy atom. The standard InChI is InChI=1S/C28H35F2N5O5/c1-16-13-32(5)9-11-34(16)25-21-24(22(30)23(31-25)20-18(29)7-6-8-19(20)36)39-15-17-14-33(10-12-35(17)26(21)37)27(38)40-28(2,3)4/h6-8,16-17,36H,9-15H2,1-5H3/t16-,17?/m0/s1. The first-order chi connectivity index (χ1) is 18.9. The molecular weight excluding hydrogens is 524 g/mol. The number of nitrogens with zero attached hydrogens (tertiary/aromatic N) is 5. The number of aromatic nitrogens is 1. The summed E-state index contributed by atoms with van der Waals surface area (Å²) in [6, 6.07) is 3.01. The Balaban J connectivity index is 1.59. The van der Waals surface area contributed by atoms with Crippen LogP contribution in [0.3, 0.4) is 0 Å². The molecule has 1 aromatic heterocycles. The van der Waals surface area contributed by atoms with Crippen molar-refractivity contribution in [2.45, 2.75) is 45.4 Å². The minimum atomic E-state index is -1.03. The van der Waals surface area contributed by atoms with Gasteiger partial charge in [0.2, 0.25) is 0 Å². The molecule has 2 aromatic rings. The molecule has 0 saturated carbocycles. The van der Waals surface area contributed by atoms with Crippen molar-refractivity contribution in [3.05, 3.63) is 35.4 Å². The molecule has 40 heavy (non-hydrogen) atoms. The molecule has 1 unspecified atom stereocenters. The first-order valence-electron chi connectivity index (χ1n) is 13.4. The zero-order valence-corrected chi connectivity index (χ0v) is 23.4. The van der Waals surface area contributed by atoms with Crippen molar-refractivity contribution in [1.82, 2.24) is 19.7 Å². The second-order valence-corrected chi connectivity index (χ2v) is 11.6. The molecule has 1 aromatic carbocycles. The van der Waals surface area contributed by atoms with E-state index in [-0.39, 0.29) is 49.4 Å². The van der Waals surface area contributed by atoms with Gasteiger partial charge < -0.3 is 34.2 Å². The Bertz CT molecular complexity index is 1310. The molecule has 0 spiro atoms. The number of anilines is 1. The number of likely N-dealkylation sites (N-methyl/N-ethyl adjacent to an activating group) is 1. The van der Waals surface area contributed by atoms with E-state index in [4.69, 9.17) is 9.47 Å². The zero-order valence-electron chi connectivity index (χ0n) is 23.4. The number of halogens is 2. The molecule has 2 fully saturated rings. The number of fused-ring (bicyclic) bond motifs is 2. The molecule has 4 heterocycles. The lowest BCUT2D eigenvalue weighted by Crippen LogP contribution is -2.58. The number of piperazine rings is 2. The lowest BCUT2D eigenvalue weighted by Gasteiger charge is -2.41. The maximum absolute atomic E-state index is 16.2. The van der Waals surface area contributed by atoms with Crippen molar-refractivity contribution >= 4 is 17.8 Å². The van der Waals surface area contributed by atoms with E-state index in [0.717, 1.165) is 6.07 Å². The van der Waals surface area contributed by atoms with E-state index in [2.05, 4.69) is 9.88 Å². The normalized spacial score (nSPS) is 21.9. The van der Waals surface area contributed by atoms with Crippen LogP contribution in [0.15, 0.2) is 18.2 Å². The van der Waals surface area contributed by atoms with Crippen molar-refractivity contribution in [3.63, 3.8) is 0 Å². The topological polar surface area (TPSA) is 98.7 Å². The van der Waals surface area contributed by atoms with Gasteiger partial charge in [-0.3, -0.25) is 4.79 Å². The smallest absolute Gasteiger partial charge is 0.410 e. The van der Waals surface area contributed by atoms with Crippen LogP contribution >= 0.6 is 0 Å². The number of rotatable bonds is 2. The summed E-state index contributed by atoms with van der Waals surface area (Å²) in [5.74, 6) is -2.99. The Morgan fingerprint density at radius 2 is 1.82 bits per heavy atom. The summed E-state index contributed by atoms with van der Waals surface area (Å²) in [7, 11) is 1.98. The van der Waals surface area contributed by atoms with Gasteiger partial charge in [0.1, 0.15) is 40.8 Å². The van der Waals surface area contributed by atoms with Crippen molar-refractivity contribution in [1.29, 1.82) is 0 Å². The fourth-order valence-corrected chi connectivity index (χ4v) is 5.51. The van der Waals surface area contributed by atoms with Crippen LogP contribution in [0.5, 0.6) is 11.5 Å². The first-order valence-corrected chi connectivity index (χ1v) is 13.4. The van der Waals surface area contributed by atoms with Crippen LogP contribution in [-0.4, -0.2) is 107 Å². The molecule has 12 heteroatoms. The monoisotopic (exact) mass is 559 g/mol. The molecule has 0 bridgehead atoms. The molecule has 0 radical (unpaired) electrons. The number of pyridine rings is 1. The highest BCUT2D eigenvalue weighted by atomic mass is 19.1. The Hall–Kier alpha value is -3.67. The van der Waals surface area contributed by atoms with Crippen molar-refractivity contribution in [2.24, 2.45) is 0 Å². The van der Waals surface area contributed by atoms with E-state index >= 15 is 4.39 Å². The number of aromatic hydroxyl groups is 1. The van der Waals surface area contributed by atoms with Crippen LogP contribution < -0.4 is 9.64 Å². The van der Waals surface area contributed by atoms with Gasteiger partial charge in [-0.2, -0.15) is 0 Å². The van der Waals surface area contributed by atoms with E-state index in [0.29, 0.717) is 19.6 Å². The second kappa shape index (κ2) is 10.4. The SMILES string of the molecule is C[C@H]1CN(C)CCN1c1nc(-c2c(O)cccc2F)c(F)c2c1C(=O)N1CCN(C(=O)OC(C)(C)C)CC1CO2. The number of benzene rings is 1. The maximum atomic E-state index is 16.2. The highest BCUT2D eigenvalue weighted by Crippen LogP contribution is 2.43. The van der Waals surface area contributed by atoms with Gasteiger partial charge in [0.25, 0.3) is 5.91 Å². The second-order valence-electron chi connectivity index (χ2n) is 11.6. The Labute approximate surface area is 232 Å². The van der Waals surface area contributed by atoms with Crippen LogP contribution in [0.2, 0.25) is 0 Å². The molecule has 5 rings (SSSR count). The number of phenols is 1. The minimum Gasteiger partial charge on any atom is -0.507 e. The predicted octanol–water partition coefficient (Wildman–Crippen LogP) is 3.33. The molecule has 2 atom stereocenters. The van der Waals surface area contributed by atoms with Crippen LogP contribution in [-0.2, 0) is 4.74 Å². The Kier molecular flexibility index (Phi) is 7.24. The van der Waals surface area contributed by atoms with Gasteiger partial charge >= 0.3 is 6.09 Å². The van der Waals surface area contributed by atoms with Gasteiger partial charge in [-0.05, 0) is 46.9 Å². The van der Waals surface area contributed by atoms with Crippen LogP contribution in [0.4, 0.5) is 19.4 Å². The van der Waals surface area contributed by atoms with E-state index in [9.17, 15) is 19.1 Å². The average molecular weight is 560 g/mol. The van der Waals surface area contributed by atoms with E-state index < -0.39 is 52.3 Å². The predicted molar refractivity (Wildman–Crippen MR) is 144 cm³/mol. The number of amides is 2. The molecular formula is C28H35F2N5O5. The third-order valence-electron chi connectivity index (χ3n) is 7.44. The van der Waals surface area contributed by atoms with Crippen LogP contribution in [0.25, 0.3) is 11.3 Å². The summed E-state index contributed by atoms with van der Waals surface area (Å²) in [6.45, 7) is 9.61. The van der Waals surface area contributed by atoms with E-state index in [1.807, 2.05) is 18.9 Å². The molecule has 3 aliphatic heterocycles. The summed E-state index contributed by atoms with van der Waals surface area (Å²) < 4.78 is 42.6. The number of hydrogen-bond donors (Lipinski definition) is 1. The summed E-state index contributed by atoms with van der Waals surface area (Å²) >= 11 is 0. The van der Waals surface area contributed by atoms with E-state index in [1.165, 1.54) is 17.0 Å². The number of hydrogen-bond acceptors (Lipinski definition) is 8. The number of carbonyl (C=O) groups excluding carboxylic acids is 2. The minimum absolute atomic E-state index is 0.0401. The van der Waals surface area contributed by atoms with Gasteiger partial charge in [0, 0.05) is 45.3 Å². The molecule has 1 N–H and O–H groups in total. The van der Waals surface area contributed by atoms with E-state index in [1.54, 1.807) is 25.7 Å². The van der Waals surface area contributed by atoms with Gasteiger partial charge in [-0.1, -0.05) is 6.07 Å². The quantitative estimate of drug-likeness (QED) is 0.599. The lowest BCUT2D eigenvalue weighted by molar-refractivity contribution is 0.000864. The average Bonchev–Trinajstić information content (AvgIpc) is 3.01. The van der Waals surface area contributed by atoms with Crippen LogP contribution in [0.1, 0.15) is 38.1 Å². The number of phenolic OH excluding ortho intramolecular Hbond substituents is 1. The molecule has 10 nitrogen and oxygen atoms in total. The third kappa shape index (κ3) is 5.12. The van der Waals surface area contributed by atoms with Gasteiger partial charge in [-0.15, -0.1) is 0 Å². The lowest BCUT2D eigenvalue weighted by atomic mass is 10.0. The Morgan fingerprint density at radius 1 is 1.10 bits per heavy atom. The molecule has 3 aliphatic rings. The van der Waals surface area contributed by atoms with Crippen molar-refractivity contribution < 1.29 is 33.0 Å². The fourth-order valence-electron chi connectivity index (χ4n) is 5.51. The molecule has 216 valence electrons. The van der Waals surface area contributed by atoms with Crippen molar-refractivity contribution in [3.8, 4) is 22.8 Å². The first kappa shape index (κ1) is 27.9. The highest BCUT2D eigenvalue weighted by Gasteiger charge is 2.43. The fraction of sp³-hybridized carbons (Fsp3) is 0.536. The molecule has 2 amide bonds. The summed E-state index contributed by atoms with van der Waals surface area (Å²) in [4.78, 5) is 38.5. The van der Waals surface area contributed by atoms with Crippen molar-refractivity contribution in [2.75, 3.05) is 57.8 Å². The molecule has 2 saturated heterocycles. The van der Waals surface area contributed by atoms with Gasteiger partial charge in [-0.25, -0.2) is 18.6 Å². The highest BCUT2D eigenvalue weighted by molar-refractivity contribution is 6.03. The maximum Gasteiger partial charge on any atom is 0.410 e. The zero-order chi connectivity index (χ0) is 28.9. The summed E-state index contributed by atoms with van der Waals surface area (Å²) in [5.41, 5.74) is -1.56. The number of ether oxygens (including phenoxy) is 2. The largest absolute Gasteiger partial charge is 0.507 e. The summed E-state index contributed by atoms with van der Waals surface area (Å²) in [6.07, 6.45) is -0.501. The number of carbonyl (C=O) groups is 2. The van der Waals surface area contributed by atoms with Gasteiger partial charge in [0.05, 0.1) is 11.6 Å².